The average Bonchev–Trinajstić information content (AvgIpc) is 2.05. The second kappa shape index (κ2) is 4.01. The molecule has 1 aliphatic carbocycles. The lowest BCUT2D eigenvalue weighted by Crippen LogP contribution is -2.26. The molecule has 1 fully saturated rings. The predicted molar refractivity (Wildman–Crippen MR) is 45.2 cm³/mol. The van der Waals surface area contributed by atoms with E-state index in [1.165, 1.54) is 0 Å². The molecule has 0 aromatic heterocycles. The Hall–Kier alpha value is -1.17. The van der Waals surface area contributed by atoms with Crippen molar-refractivity contribution in [2.45, 2.75) is 31.8 Å². The normalized spacial score (nSPS) is 28.9. The summed E-state index contributed by atoms with van der Waals surface area (Å²) in [5.74, 6) is 3.07. The maximum absolute atomic E-state index is 10.4. The van der Waals surface area contributed by atoms with E-state index in [1.807, 2.05) is 0 Å². The molecule has 0 radical (unpaired) electrons. The van der Waals surface area contributed by atoms with Crippen molar-refractivity contribution >= 4 is 6.09 Å². The first-order valence-electron chi connectivity index (χ1n) is 4.14. The lowest BCUT2D eigenvalue weighted by Gasteiger charge is -2.24. The van der Waals surface area contributed by atoms with Gasteiger partial charge in [-0.05, 0) is 25.7 Å². The molecule has 0 aliphatic heterocycles. The first kappa shape index (κ1) is 8.92. The average molecular weight is 167 g/mol. The summed E-state index contributed by atoms with van der Waals surface area (Å²) >= 11 is 0. The second-order valence-electron chi connectivity index (χ2n) is 3.08. The van der Waals surface area contributed by atoms with Crippen molar-refractivity contribution in [3.05, 3.63) is 0 Å². The SMILES string of the molecule is C#CC1CCC(OC(N)=O)CC1. The lowest BCUT2D eigenvalue weighted by molar-refractivity contribution is 0.0769. The molecule has 0 spiro atoms. The van der Waals surface area contributed by atoms with Gasteiger partial charge in [0, 0.05) is 5.92 Å². The molecule has 1 rings (SSSR count). The molecule has 2 N–H and O–H groups in total. The summed E-state index contributed by atoms with van der Waals surface area (Å²) in [6.07, 6.45) is 8.15. The zero-order valence-electron chi connectivity index (χ0n) is 6.95. The monoisotopic (exact) mass is 167 g/mol. The molecule has 0 unspecified atom stereocenters. The van der Waals surface area contributed by atoms with Gasteiger partial charge in [0.2, 0.25) is 0 Å². The van der Waals surface area contributed by atoms with Crippen molar-refractivity contribution in [3.8, 4) is 12.3 Å². The van der Waals surface area contributed by atoms with E-state index in [1.54, 1.807) is 0 Å². The smallest absolute Gasteiger partial charge is 0.404 e. The van der Waals surface area contributed by atoms with Crippen LogP contribution in [0.2, 0.25) is 0 Å². The van der Waals surface area contributed by atoms with E-state index in [0.717, 1.165) is 25.7 Å². The van der Waals surface area contributed by atoms with Crippen LogP contribution in [0.5, 0.6) is 0 Å². The third-order valence-electron chi connectivity index (χ3n) is 2.19. The topological polar surface area (TPSA) is 52.3 Å². The maximum Gasteiger partial charge on any atom is 0.404 e. The maximum atomic E-state index is 10.4. The van der Waals surface area contributed by atoms with Crippen LogP contribution in [0.1, 0.15) is 25.7 Å². The van der Waals surface area contributed by atoms with Crippen LogP contribution in [0.3, 0.4) is 0 Å². The van der Waals surface area contributed by atoms with E-state index < -0.39 is 6.09 Å². The minimum absolute atomic E-state index is 0.00731. The predicted octanol–water partition coefficient (Wildman–Crippen LogP) is 1.27. The fourth-order valence-corrected chi connectivity index (χ4v) is 1.51. The number of ether oxygens (including phenoxy) is 1. The van der Waals surface area contributed by atoms with Crippen molar-refractivity contribution in [3.63, 3.8) is 0 Å². The summed E-state index contributed by atoms with van der Waals surface area (Å²) in [4.78, 5) is 10.4. The highest BCUT2D eigenvalue weighted by Gasteiger charge is 2.21. The number of hydrogen-bond acceptors (Lipinski definition) is 2. The molecule has 0 heterocycles. The van der Waals surface area contributed by atoms with Gasteiger partial charge in [0.15, 0.2) is 0 Å². The number of carbonyl (C=O) groups excluding carboxylic acids is 1. The summed E-state index contributed by atoms with van der Waals surface area (Å²) in [6.45, 7) is 0. The van der Waals surface area contributed by atoms with Crippen LogP contribution in [-0.2, 0) is 4.74 Å². The highest BCUT2D eigenvalue weighted by molar-refractivity contribution is 5.64. The molecule has 0 aromatic carbocycles. The zero-order valence-corrected chi connectivity index (χ0v) is 6.95. The van der Waals surface area contributed by atoms with Crippen LogP contribution in [0.15, 0.2) is 0 Å². The molecular weight excluding hydrogens is 154 g/mol. The molecule has 1 aliphatic rings. The molecule has 3 heteroatoms. The molecule has 0 bridgehead atoms. The van der Waals surface area contributed by atoms with E-state index in [-0.39, 0.29) is 6.10 Å². The minimum atomic E-state index is -0.681. The van der Waals surface area contributed by atoms with Gasteiger partial charge >= 0.3 is 6.09 Å². The van der Waals surface area contributed by atoms with E-state index in [2.05, 4.69) is 5.92 Å². The molecule has 12 heavy (non-hydrogen) atoms. The van der Waals surface area contributed by atoms with E-state index >= 15 is 0 Å². The van der Waals surface area contributed by atoms with Gasteiger partial charge < -0.3 is 10.5 Å². The van der Waals surface area contributed by atoms with Gasteiger partial charge in [0.25, 0.3) is 0 Å². The quantitative estimate of drug-likeness (QED) is 0.598. The van der Waals surface area contributed by atoms with Crippen molar-refractivity contribution in [2.75, 3.05) is 0 Å². The summed E-state index contributed by atoms with van der Waals surface area (Å²) in [5, 5.41) is 0. The van der Waals surface area contributed by atoms with Crippen LogP contribution in [0.4, 0.5) is 4.79 Å². The third kappa shape index (κ3) is 2.46. The summed E-state index contributed by atoms with van der Waals surface area (Å²) in [6, 6.07) is 0. The van der Waals surface area contributed by atoms with Gasteiger partial charge in [-0.3, -0.25) is 0 Å². The second-order valence-corrected chi connectivity index (χ2v) is 3.08. The highest BCUT2D eigenvalue weighted by atomic mass is 16.6. The van der Waals surface area contributed by atoms with Gasteiger partial charge in [-0.1, -0.05) is 0 Å². The highest BCUT2D eigenvalue weighted by Crippen LogP contribution is 2.25. The number of nitrogens with two attached hydrogens (primary N) is 1. The summed E-state index contributed by atoms with van der Waals surface area (Å²) < 4.78 is 4.85. The van der Waals surface area contributed by atoms with Gasteiger partial charge in [0.05, 0.1) is 0 Å². The minimum Gasteiger partial charge on any atom is -0.446 e. The molecular formula is C9H13NO2. The van der Waals surface area contributed by atoms with Crippen LogP contribution >= 0.6 is 0 Å². The van der Waals surface area contributed by atoms with Crippen molar-refractivity contribution in [1.82, 2.24) is 0 Å². The number of hydrogen-bond donors (Lipinski definition) is 1. The van der Waals surface area contributed by atoms with Crippen LogP contribution in [0.25, 0.3) is 0 Å². The van der Waals surface area contributed by atoms with Crippen LogP contribution < -0.4 is 5.73 Å². The lowest BCUT2D eigenvalue weighted by atomic mass is 9.88. The number of rotatable bonds is 1. The molecule has 66 valence electrons. The third-order valence-corrected chi connectivity index (χ3v) is 2.19. The number of primary amides is 1. The van der Waals surface area contributed by atoms with E-state index in [4.69, 9.17) is 16.9 Å². The Morgan fingerprint density at radius 1 is 1.42 bits per heavy atom. The Kier molecular flexibility index (Phi) is 2.98. The van der Waals surface area contributed by atoms with Crippen molar-refractivity contribution < 1.29 is 9.53 Å². The Morgan fingerprint density at radius 2 is 2.00 bits per heavy atom. The molecule has 1 amide bonds. The first-order valence-corrected chi connectivity index (χ1v) is 4.14. The fourth-order valence-electron chi connectivity index (χ4n) is 1.51. The fraction of sp³-hybridized carbons (Fsp3) is 0.667. The van der Waals surface area contributed by atoms with E-state index in [0.29, 0.717) is 5.92 Å². The van der Waals surface area contributed by atoms with Crippen molar-refractivity contribution in [1.29, 1.82) is 0 Å². The molecule has 3 nitrogen and oxygen atoms in total. The van der Waals surface area contributed by atoms with Gasteiger partial charge in [0.1, 0.15) is 6.10 Å². The molecule has 0 saturated heterocycles. The largest absolute Gasteiger partial charge is 0.446 e. The number of amides is 1. The van der Waals surface area contributed by atoms with Gasteiger partial charge in [-0.15, -0.1) is 12.3 Å². The van der Waals surface area contributed by atoms with Crippen LogP contribution in [-0.4, -0.2) is 12.2 Å². The first-order chi connectivity index (χ1) is 5.72. The Bertz CT molecular complexity index is 199. The van der Waals surface area contributed by atoms with E-state index in [9.17, 15) is 4.79 Å². The number of carbonyl (C=O) groups is 1. The molecule has 0 atom stereocenters. The standard InChI is InChI=1S/C9H13NO2/c1-2-7-3-5-8(6-4-7)12-9(10)11/h1,7-8H,3-6H2,(H2,10,11). The summed E-state index contributed by atoms with van der Waals surface area (Å²) in [7, 11) is 0. The van der Waals surface area contributed by atoms with Gasteiger partial charge in [-0.25, -0.2) is 4.79 Å². The Labute approximate surface area is 72.3 Å². The van der Waals surface area contributed by atoms with Crippen molar-refractivity contribution in [2.24, 2.45) is 11.7 Å². The molecule has 0 aromatic rings. The Balaban J connectivity index is 2.27. The zero-order chi connectivity index (χ0) is 8.97. The van der Waals surface area contributed by atoms with Gasteiger partial charge in [-0.2, -0.15) is 0 Å². The molecule has 1 saturated carbocycles. The Morgan fingerprint density at radius 3 is 2.42 bits per heavy atom. The summed E-state index contributed by atoms with van der Waals surface area (Å²) in [5.41, 5.74) is 4.89. The number of terminal acetylenes is 1. The van der Waals surface area contributed by atoms with Crippen LogP contribution in [0, 0.1) is 18.3 Å².